The number of hydrogen-bond acceptors (Lipinski definition) is 4. The third kappa shape index (κ3) is 4.55. The predicted molar refractivity (Wildman–Crippen MR) is 97.2 cm³/mol. The highest BCUT2D eigenvalue weighted by atomic mass is 32.1. The van der Waals surface area contributed by atoms with Crippen LogP contribution in [-0.4, -0.2) is 11.9 Å². The molecule has 0 saturated carbocycles. The van der Waals surface area contributed by atoms with E-state index in [1.165, 1.54) is 35.6 Å². The molecule has 0 aliphatic heterocycles. The summed E-state index contributed by atoms with van der Waals surface area (Å²) < 4.78 is 18.6. The van der Waals surface area contributed by atoms with Gasteiger partial charge >= 0.3 is 5.97 Å². The number of carbonyl (C=O) groups excluding carboxylic acids is 2. The van der Waals surface area contributed by atoms with Gasteiger partial charge in [-0.1, -0.05) is 48.5 Å². The molecular formula is C20H16FNO3S. The summed E-state index contributed by atoms with van der Waals surface area (Å²) in [6.07, 6.45) is -1.16. The van der Waals surface area contributed by atoms with Crippen molar-refractivity contribution >= 4 is 23.2 Å². The molecule has 0 spiro atoms. The smallest absolute Gasteiger partial charge is 0.349 e. The van der Waals surface area contributed by atoms with Crippen LogP contribution in [0.15, 0.2) is 72.1 Å². The number of amides is 1. The molecule has 0 aliphatic carbocycles. The summed E-state index contributed by atoms with van der Waals surface area (Å²) in [4.78, 5) is 25.3. The number of carbonyl (C=O) groups is 2. The maximum absolute atomic E-state index is 13.2. The standard InChI is InChI=1S/C20H16FNO3S/c21-16-10-8-15(9-11-16)18(25-20(24)17-7-4-12-26-17)19(23)22-13-14-5-2-1-3-6-14/h1-12,18H,13H2,(H,22,23)/t18-/m0/s1. The third-order valence-corrected chi connectivity index (χ3v) is 4.52. The molecule has 26 heavy (non-hydrogen) atoms. The van der Waals surface area contributed by atoms with Crippen LogP contribution in [0.1, 0.15) is 26.9 Å². The number of esters is 1. The van der Waals surface area contributed by atoms with Gasteiger partial charge < -0.3 is 10.1 Å². The van der Waals surface area contributed by atoms with Crippen LogP contribution < -0.4 is 5.32 Å². The van der Waals surface area contributed by atoms with Gasteiger partial charge in [-0.15, -0.1) is 11.3 Å². The van der Waals surface area contributed by atoms with Crippen LogP contribution in [0.4, 0.5) is 4.39 Å². The molecule has 0 bridgehead atoms. The first-order valence-electron chi connectivity index (χ1n) is 7.95. The van der Waals surface area contributed by atoms with Crippen molar-refractivity contribution in [1.29, 1.82) is 0 Å². The van der Waals surface area contributed by atoms with Gasteiger partial charge in [0, 0.05) is 12.1 Å². The van der Waals surface area contributed by atoms with E-state index < -0.39 is 23.8 Å². The van der Waals surface area contributed by atoms with E-state index in [9.17, 15) is 14.0 Å². The van der Waals surface area contributed by atoms with Crippen molar-refractivity contribution in [3.05, 3.63) is 93.9 Å². The Hall–Kier alpha value is -2.99. The lowest BCUT2D eigenvalue weighted by atomic mass is 10.1. The van der Waals surface area contributed by atoms with E-state index in [2.05, 4.69) is 5.32 Å². The van der Waals surface area contributed by atoms with Crippen LogP contribution in [0.5, 0.6) is 0 Å². The number of thiophene rings is 1. The molecule has 0 unspecified atom stereocenters. The molecule has 1 amide bonds. The summed E-state index contributed by atoms with van der Waals surface area (Å²) in [5.41, 5.74) is 1.32. The molecule has 3 aromatic rings. The Labute approximate surface area is 154 Å². The lowest BCUT2D eigenvalue weighted by Crippen LogP contribution is -2.31. The zero-order chi connectivity index (χ0) is 18.4. The highest BCUT2D eigenvalue weighted by Gasteiger charge is 2.26. The Morgan fingerprint density at radius 2 is 1.73 bits per heavy atom. The minimum atomic E-state index is -1.16. The van der Waals surface area contributed by atoms with Crippen molar-refractivity contribution in [2.45, 2.75) is 12.6 Å². The van der Waals surface area contributed by atoms with Gasteiger partial charge in [0.25, 0.3) is 5.91 Å². The largest absolute Gasteiger partial charge is 0.443 e. The molecule has 0 aliphatic rings. The molecule has 1 heterocycles. The Balaban J connectivity index is 1.76. The number of rotatable bonds is 6. The molecule has 0 radical (unpaired) electrons. The van der Waals surface area contributed by atoms with Gasteiger partial charge in [-0.2, -0.15) is 0 Å². The summed E-state index contributed by atoms with van der Waals surface area (Å²) in [5, 5.41) is 4.51. The predicted octanol–water partition coefficient (Wildman–Crippen LogP) is 4.10. The van der Waals surface area contributed by atoms with Gasteiger partial charge in [0.15, 0.2) is 0 Å². The fourth-order valence-corrected chi connectivity index (χ4v) is 2.95. The summed E-state index contributed by atoms with van der Waals surface area (Å²) in [7, 11) is 0. The van der Waals surface area contributed by atoms with E-state index in [-0.39, 0.29) is 0 Å². The fraction of sp³-hybridized carbons (Fsp3) is 0.100. The quantitative estimate of drug-likeness (QED) is 0.666. The summed E-state index contributed by atoms with van der Waals surface area (Å²) >= 11 is 1.23. The van der Waals surface area contributed by atoms with Gasteiger partial charge in [-0.25, -0.2) is 9.18 Å². The average Bonchev–Trinajstić information content (AvgIpc) is 3.21. The molecule has 6 heteroatoms. The first-order valence-corrected chi connectivity index (χ1v) is 8.83. The molecule has 4 nitrogen and oxygen atoms in total. The highest BCUT2D eigenvalue weighted by molar-refractivity contribution is 7.11. The Morgan fingerprint density at radius 3 is 2.38 bits per heavy atom. The summed E-state index contributed by atoms with van der Waals surface area (Å²) in [6.45, 7) is 0.300. The molecule has 1 N–H and O–H groups in total. The molecule has 3 rings (SSSR count). The lowest BCUT2D eigenvalue weighted by molar-refractivity contribution is -0.130. The summed E-state index contributed by atoms with van der Waals surface area (Å²) in [5.74, 6) is -1.49. The van der Waals surface area contributed by atoms with Gasteiger partial charge in [-0.05, 0) is 29.1 Å². The average molecular weight is 369 g/mol. The Bertz CT molecular complexity index is 864. The number of nitrogens with one attached hydrogen (secondary N) is 1. The van der Waals surface area contributed by atoms with Gasteiger partial charge in [0.05, 0.1) is 0 Å². The molecular weight excluding hydrogens is 353 g/mol. The maximum atomic E-state index is 13.2. The number of ether oxygens (including phenoxy) is 1. The van der Waals surface area contributed by atoms with Crippen LogP contribution in [-0.2, 0) is 16.1 Å². The van der Waals surface area contributed by atoms with E-state index in [1.807, 2.05) is 30.3 Å². The van der Waals surface area contributed by atoms with Gasteiger partial charge in [0.1, 0.15) is 10.7 Å². The van der Waals surface area contributed by atoms with Crippen LogP contribution in [0.3, 0.4) is 0 Å². The van der Waals surface area contributed by atoms with Crippen LogP contribution in [0.2, 0.25) is 0 Å². The molecule has 0 saturated heterocycles. The third-order valence-electron chi connectivity index (χ3n) is 3.67. The zero-order valence-corrected chi connectivity index (χ0v) is 14.5. The minimum absolute atomic E-state index is 0.300. The Kier molecular flexibility index (Phi) is 5.76. The minimum Gasteiger partial charge on any atom is -0.443 e. The molecule has 2 aromatic carbocycles. The van der Waals surface area contributed by atoms with Gasteiger partial charge in [0.2, 0.25) is 6.10 Å². The monoisotopic (exact) mass is 369 g/mol. The van der Waals surface area contributed by atoms with Crippen molar-refractivity contribution < 1.29 is 18.7 Å². The van der Waals surface area contributed by atoms with Crippen molar-refractivity contribution in [2.75, 3.05) is 0 Å². The zero-order valence-electron chi connectivity index (χ0n) is 13.7. The van der Waals surface area contributed by atoms with E-state index >= 15 is 0 Å². The molecule has 1 atom stereocenters. The number of halogens is 1. The highest BCUT2D eigenvalue weighted by Crippen LogP contribution is 2.22. The van der Waals surface area contributed by atoms with Crippen LogP contribution >= 0.6 is 11.3 Å². The van der Waals surface area contributed by atoms with Crippen molar-refractivity contribution in [2.24, 2.45) is 0 Å². The topological polar surface area (TPSA) is 55.4 Å². The van der Waals surface area contributed by atoms with E-state index in [0.29, 0.717) is 17.0 Å². The van der Waals surface area contributed by atoms with Crippen molar-refractivity contribution in [3.63, 3.8) is 0 Å². The molecule has 0 fully saturated rings. The van der Waals surface area contributed by atoms with Crippen LogP contribution in [0, 0.1) is 5.82 Å². The van der Waals surface area contributed by atoms with E-state index in [0.717, 1.165) is 5.56 Å². The van der Waals surface area contributed by atoms with Crippen molar-refractivity contribution in [1.82, 2.24) is 5.32 Å². The molecule has 1 aromatic heterocycles. The fourth-order valence-electron chi connectivity index (χ4n) is 2.35. The van der Waals surface area contributed by atoms with Crippen LogP contribution in [0.25, 0.3) is 0 Å². The summed E-state index contributed by atoms with van der Waals surface area (Å²) in [6, 6.07) is 18.1. The second-order valence-electron chi connectivity index (χ2n) is 5.52. The number of hydrogen-bond donors (Lipinski definition) is 1. The first kappa shape index (κ1) is 17.8. The molecule has 132 valence electrons. The lowest BCUT2D eigenvalue weighted by Gasteiger charge is -2.18. The Morgan fingerprint density at radius 1 is 1.00 bits per heavy atom. The first-order chi connectivity index (χ1) is 12.6. The van der Waals surface area contributed by atoms with E-state index in [4.69, 9.17) is 4.74 Å². The normalized spacial score (nSPS) is 11.6. The van der Waals surface area contributed by atoms with E-state index in [1.54, 1.807) is 17.5 Å². The maximum Gasteiger partial charge on any atom is 0.349 e. The van der Waals surface area contributed by atoms with Gasteiger partial charge in [-0.3, -0.25) is 4.79 Å². The number of benzene rings is 2. The van der Waals surface area contributed by atoms with Crippen molar-refractivity contribution in [3.8, 4) is 0 Å². The second-order valence-corrected chi connectivity index (χ2v) is 6.47. The SMILES string of the molecule is O=C(O[C@H](C(=O)NCc1ccccc1)c1ccc(F)cc1)c1cccs1. The second kappa shape index (κ2) is 8.40.